The molecule has 0 amide bonds. The summed E-state index contributed by atoms with van der Waals surface area (Å²) in [6, 6.07) is 5.57. The van der Waals surface area contributed by atoms with Crippen LogP contribution >= 0.6 is 43.5 Å². The molecule has 0 saturated carbocycles. The van der Waals surface area contributed by atoms with Crippen LogP contribution in [0.4, 0.5) is 17.5 Å². The van der Waals surface area contributed by atoms with Crippen molar-refractivity contribution in [3.8, 4) is 0 Å². The van der Waals surface area contributed by atoms with Gasteiger partial charge in [-0.2, -0.15) is 4.98 Å². The van der Waals surface area contributed by atoms with Gasteiger partial charge in [-0.1, -0.05) is 27.5 Å². The van der Waals surface area contributed by atoms with E-state index in [2.05, 4.69) is 52.5 Å². The number of benzene rings is 1. The Balaban J connectivity index is 2.36. The zero-order valence-corrected chi connectivity index (χ0v) is 13.3. The normalized spacial score (nSPS) is 10.2. The molecular formula is C11H9Br2ClN4. The number of nitrogens with zero attached hydrogens (tertiary/aromatic N) is 2. The zero-order chi connectivity index (χ0) is 13.1. The van der Waals surface area contributed by atoms with Gasteiger partial charge in [-0.15, -0.1) is 0 Å². The number of hydrogen-bond acceptors (Lipinski definition) is 4. The van der Waals surface area contributed by atoms with Gasteiger partial charge in [-0.25, -0.2) is 4.98 Å². The van der Waals surface area contributed by atoms with Crippen molar-refractivity contribution in [2.24, 2.45) is 0 Å². The topological polar surface area (TPSA) is 49.8 Å². The second kappa shape index (κ2) is 5.86. The van der Waals surface area contributed by atoms with Crippen LogP contribution in [0, 0.1) is 0 Å². The number of nitrogens with one attached hydrogen (secondary N) is 2. The fraction of sp³-hybridized carbons (Fsp3) is 0.0909. The lowest BCUT2D eigenvalue weighted by atomic mass is 10.3. The Morgan fingerprint density at radius 3 is 2.78 bits per heavy atom. The van der Waals surface area contributed by atoms with Crippen molar-refractivity contribution < 1.29 is 0 Å². The molecule has 0 saturated heterocycles. The molecule has 0 fully saturated rings. The highest BCUT2D eigenvalue weighted by Crippen LogP contribution is 2.30. The largest absolute Gasteiger partial charge is 0.357 e. The van der Waals surface area contributed by atoms with Gasteiger partial charge in [0.25, 0.3) is 0 Å². The fourth-order valence-electron chi connectivity index (χ4n) is 1.30. The SMILES string of the molecule is CNc1ncc(Br)c(Nc2cc(Br)ccc2Cl)n1. The molecular weight excluding hydrogens is 383 g/mol. The summed E-state index contributed by atoms with van der Waals surface area (Å²) in [6.45, 7) is 0. The maximum Gasteiger partial charge on any atom is 0.224 e. The summed E-state index contributed by atoms with van der Waals surface area (Å²) in [5, 5.41) is 6.66. The molecule has 4 nitrogen and oxygen atoms in total. The van der Waals surface area contributed by atoms with Crippen molar-refractivity contribution in [1.29, 1.82) is 0 Å². The molecule has 18 heavy (non-hydrogen) atoms. The van der Waals surface area contributed by atoms with Crippen molar-refractivity contribution in [3.05, 3.63) is 38.4 Å². The smallest absolute Gasteiger partial charge is 0.224 e. The van der Waals surface area contributed by atoms with Gasteiger partial charge in [0, 0.05) is 17.7 Å². The highest BCUT2D eigenvalue weighted by molar-refractivity contribution is 9.10. The first-order valence-corrected chi connectivity index (χ1v) is 6.99. The van der Waals surface area contributed by atoms with Gasteiger partial charge in [0.15, 0.2) is 0 Å². The summed E-state index contributed by atoms with van der Waals surface area (Å²) in [6.07, 6.45) is 1.67. The number of aromatic nitrogens is 2. The van der Waals surface area contributed by atoms with Crippen LogP contribution in [0.2, 0.25) is 5.02 Å². The Morgan fingerprint density at radius 1 is 1.28 bits per heavy atom. The van der Waals surface area contributed by atoms with Crippen LogP contribution in [-0.2, 0) is 0 Å². The molecule has 0 radical (unpaired) electrons. The molecule has 1 aromatic carbocycles. The first-order valence-electron chi connectivity index (χ1n) is 5.02. The van der Waals surface area contributed by atoms with Crippen molar-refractivity contribution >= 4 is 60.9 Å². The minimum atomic E-state index is 0.534. The van der Waals surface area contributed by atoms with Gasteiger partial charge < -0.3 is 10.6 Å². The first kappa shape index (κ1) is 13.6. The quantitative estimate of drug-likeness (QED) is 0.811. The zero-order valence-electron chi connectivity index (χ0n) is 9.34. The van der Waals surface area contributed by atoms with Crippen molar-refractivity contribution in [2.75, 3.05) is 17.7 Å². The van der Waals surface area contributed by atoms with Gasteiger partial charge in [0.2, 0.25) is 5.95 Å². The summed E-state index contributed by atoms with van der Waals surface area (Å²) in [5.74, 6) is 1.18. The highest BCUT2D eigenvalue weighted by atomic mass is 79.9. The minimum Gasteiger partial charge on any atom is -0.357 e. The van der Waals surface area contributed by atoms with E-state index in [1.54, 1.807) is 13.2 Å². The molecule has 94 valence electrons. The van der Waals surface area contributed by atoms with Crippen LogP contribution in [0.5, 0.6) is 0 Å². The molecule has 2 rings (SSSR count). The minimum absolute atomic E-state index is 0.534. The lowest BCUT2D eigenvalue weighted by Crippen LogP contribution is -2.01. The van der Waals surface area contributed by atoms with Gasteiger partial charge in [0.05, 0.1) is 15.2 Å². The van der Waals surface area contributed by atoms with E-state index in [0.717, 1.165) is 14.6 Å². The predicted octanol–water partition coefficient (Wildman–Crippen LogP) is 4.44. The molecule has 0 unspecified atom stereocenters. The summed E-state index contributed by atoms with van der Waals surface area (Å²) in [5.41, 5.74) is 0.771. The van der Waals surface area contributed by atoms with E-state index in [1.807, 2.05) is 18.2 Å². The predicted molar refractivity (Wildman–Crippen MR) is 81.7 cm³/mol. The van der Waals surface area contributed by atoms with E-state index >= 15 is 0 Å². The van der Waals surface area contributed by atoms with Gasteiger partial charge in [-0.3, -0.25) is 0 Å². The summed E-state index contributed by atoms with van der Waals surface area (Å²) in [4.78, 5) is 8.39. The molecule has 7 heteroatoms. The number of anilines is 3. The second-order valence-electron chi connectivity index (χ2n) is 3.39. The molecule has 0 aliphatic rings. The monoisotopic (exact) mass is 390 g/mol. The van der Waals surface area contributed by atoms with E-state index in [9.17, 15) is 0 Å². The second-order valence-corrected chi connectivity index (χ2v) is 5.57. The Bertz CT molecular complexity index is 577. The molecule has 0 atom stereocenters. The Labute approximate surface area is 126 Å². The average Bonchev–Trinajstić information content (AvgIpc) is 2.36. The maximum atomic E-state index is 6.11. The third-order valence-corrected chi connectivity index (χ3v) is 3.55. The van der Waals surface area contributed by atoms with Crippen LogP contribution < -0.4 is 10.6 Å². The lowest BCUT2D eigenvalue weighted by Gasteiger charge is -2.10. The van der Waals surface area contributed by atoms with Crippen molar-refractivity contribution in [2.45, 2.75) is 0 Å². The Hall–Kier alpha value is -0.850. The average molecular weight is 392 g/mol. The third-order valence-electron chi connectivity index (χ3n) is 2.15. The van der Waals surface area contributed by atoms with Gasteiger partial charge >= 0.3 is 0 Å². The number of rotatable bonds is 3. The Kier molecular flexibility index (Phi) is 4.42. The van der Waals surface area contributed by atoms with Crippen molar-refractivity contribution in [1.82, 2.24) is 9.97 Å². The summed E-state index contributed by atoms with van der Waals surface area (Å²) >= 11 is 12.9. The Morgan fingerprint density at radius 2 is 2.06 bits per heavy atom. The third kappa shape index (κ3) is 3.13. The maximum absolute atomic E-state index is 6.11. The van der Waals surface area contributed by atoms with E-state index in [-0.39, 0.29) is 0 Å². The molecule has 2 N–H and O–H groups in total. The standard InChI is InChI=1S/C11H9Br2ClN4/c1-15-11-16-5-7(13)10(18-11)17-9-4-6(12)2-3-8(9)14/h2-5H,1H3,(H2,15,16,17,18). The van der Waals surface area contributed by atoms with E-state index in [1.165, 1.54) is 0 Å². The molecule has 1 heterocycles. The summed E-state index contributed by atoms with van der Waals surface area (Å²) < 4.78 is 1.70. The van der Waals surface area contributed by atoms with E-state index in [0.29, 0.717) is 16.8 Å². The molecule has 0 aliphatic heterocycles. The van der Waals surface area contributed by atoms with Crippen LogP contribution in [0.25, 0.3) is 0 Å². The van der Waals surface area contributed by atoms with E-state index in [4.69, 9.17) is 11.6 Å². The highest BCUT2D eigenvalue weighted by Gasteiger charge is 2.07. The van der Waals surface area contributed by atoms with Crippen molar-refractivity contribution in [3.63, 3.8) is 0 Å². The molecule has 0 bridgehead atoms. The van der Waals surface area contributed by atoms with Crippen LogP contribution in [-0.4, -0.2) is 17.0 Å². The fourth-order valence-corrected chi connectivity index (χ4v) is 2.11. The van der Waals surface area contributed by atoms with Crippen LogP contribution in [0.15, 0.2) is 33.3 Å². The first-order chi connectivity index (χ1) is 8.60. The molecule has 1 aromatic heterocycles. The van der Waals surface area contributed by atoms with E-state index < -0.39 is 0 Å². The molecule has 2 aromatic rings. The van der Waals surface area contributed by atoms with Gasteiger partial charge in [-0.05, 0) is 34.1 Å². The lowest BCUT2D eigenvalue weighted by molar-refractivity contribution is 1.14. The number of halogens is 3. The molecule has 0 aliphatic carbocycles. The molecule has 0 spiro atoms. The van der Waals surface area contributed by atoms with Gasteiger partial charge in [0.1, 0.15) is 5.82 Å². The summed E-state index contributed by atoms with van der Waals surface area (Å²) in [7, 11) is 1.76. The number of hydrogen-bond donors (Lipinski definition) is 2. The van der Waals surface area contributed by atoms with Crippen LogP contribution in [0.1, 0.15) is 0 Å². The van der Waals surface area contributed by atoms with Crippen LogP contribution in [0.3, 0.4) is 0 Å².